The smallest absolute Gasteiger partial charge is 0.125 e. The minimum absolute atomic E-state index is 0.530. The first-order valence-electron chi connectivity index (χ1n) is 18.9. The standard InChI is InChI=1S/C7H15NO.C7H15N.C7H17N.C6H12FN.C6H13N.C5H13N/c1-7(2)8-3-5-9-6-4-8;1-6(2)8-4-7(3)5-8;1-5-6-8(4)7(2)3;1-5(2)8-3-6(7)4-8;1-6(2)7-4-3-5-7;1-5(2)6(3)4/h7H,3-6H2,1-2H3;6-7H,4-5H2,1-3H3;7H,5-6H2,1-4H3;5-6H,3-4H2,1-2H3;6H,3-5H2,1-2H3;5H,1-4H3. The van der Waals surface area contributed by atoms with Crippen LogP contribution in [0.2, 0.25) is 0 Å². The Hall–Kier alpha value is -0.350. The lowest BCUT2D eigenvalue weighted by Gasteiger charge is -2.40. The Morgan fingerprint density at radius 2 is 0.978 bits per heavy atom. The maximum atomic E-state index is 12.1. The van der Waals surface area contributed by atoms with Crippen LogP contribution in [-0.4, -0.2) is 165 Å². The number of ether oxygens (including phenoxy) is 1. The molecule has 4 aliphatic rings. The maximum absolute atomic E-state index is 12.1. The summed E-state index contributed by atoms with van der Waals surface area (Å²) in [5, 5.41) is 0. The third-order valence-corrected chi connectivity index (χ3v) is 9.31. The van der Waals surface area contributed by atoms with E-state index in [1.807, 2.05) is 0 Å². The number of hydrogen-bond donors (Lipinski definition) is 0. The minimum Gasteiger partial charge on any atom is -0.379 e. The third kappa shape index (κ3) is 24.7. The third-order valence-electron chi connectivity index (χ3n) is 9.31. The highest BCUT2D eigenvalue weighted by Crippen LogP contribution is 2.16. The Kier molecular flexibility index (Phi) is 28.5. The van der Waals surface area contributed by atoms with E-state index in [-0.39, 0.29) is 0 Å². The Labute approximate surface area is 289 Å². The number of halogens is 1. The van der Waals surface area contributed by atoms with Crippen LogP contribution in [0, 0.1) is 5.92 Å². The van der Waals surface area contributed by atoms with Crippen LogP contribution in [0.15, 0.2) is 0 Å². The molecule has 4 aliphatic heterocycles. The van der Waals surface area contributed by atoms with Crippen molar-refractivity contribution in [3.8, 4) is 0 Å². The van der Waals surface area contributed by atoms with E-state index in [2.05, 4.69) is 147 Å². The summed E-state index contributed by atoms with van der Waals surface area (Å²) < 4.78 is 17.3. The molecule has 8 heteroatoms. The van der Waals surface area contributed by atoms with Crippen LogP contribution in [0.3, 0.4) is 0 Å². The monoisotopic (exact) mass is 661 g/mol. The van der Waals surface area contributed by atoms with Crippen molar-refractivity contribution in [1.29, 1.82) is 0 Å². The molecule has 4 saturated heterocycles. The van der Waals surface area contributed by atoms with E-state index in [1.165, 1.54) is 45.6 Å². The van der Waals surface area contributed by atoms with Gasteiger partial charge in [-0.1, -0.05) is 13.8 Å². The van der Waals surface area contributed by atoms with E-state index >= 15 is 0 Å². The molecule has 4 heterocycles. The fourth-order valence-corrected chi connectivity index (χ4v) is 4.61. The summed E-state index contributed by atoms with van der Waals surface area (Å²) in [5.41, 5.74) is 0. The second kappa shape index (κ2) is 27.5. The summed E-state index contributed by atoms with van der Waals surface area (Å²) in [5.74, 6) is 0.956. The lowest BCUT2D eigenvalue weighted by atomic mass is 10.0. The predicted octanol–water partition coefficient (Wildman–Crippen LogP) is 6.92. The highest BCUT2D eigenvalue weighted by atomic mass is 19.1. The first-order chi connectivity index (χ1) is 21.3. The number of alkyl halides is 1. The van der Waals surface area contributed by atoms with Crippen LogP contribution < -0.4 is 0 Å². The van der Waals surface area contributed by atoms with Gasteiger partial charge in [0.1, 0.15) is 6.17 Å². The molecular formula is C38H85FN6O. The molecule has 0 unspecified atom stereocenters. The molecule has 0 aromatic carbocycles. The molecule has 0 aromatic rings. The number of likely N-dealkylation sites (tertiary alicyclic amines) is 3. The Balaban J connectivity index is 0. The van der Waals surface area contributed by atoms with E-state index < -0.39 is 6.17 Å². The fourth-order valence-electron chi connectivity index (χ4n) is 4.61. The van der Waals surface area contributed by atoms with Crippen LogP contribution in [0.4, 0.5) is 4.39 Å². The van der Waals surface area contributed by atoms with Gasteiger partial charge in [0.05, 0.1) is 13.2 Å². The number of hydrogen-bond acceptors (Lipinski definition) is 7. The normalized spacial score (nSPS) is 19.7. The predicted molar refractivity (Wildman–Crippen MR) is 203 cm³/mol. The fraction of sp³-hybridized carbons (Fsp3) is 1.00. The topological polar surface area (TPSA) is 28.7 Å². The quantitative estimate of drug-likeness (QED) is 0.279. The zero-order valence-corrected chi connectivity index (χ0v) is 34.3. The van der Waals surface area contributed by atoms with Gasteiger partial charge in [0, 0.05) is 75.5 Å². The van der Waals surface area contributed by atoms with Gasteiger partial charge in [-0.25, -0.2) is 4.39 Å². The molecule has 0 saturated carbocycles. The van der Waals surface area contributed by atoms with E-state index in [1.54, 1.807) is 0 Å². The average molecular weight is 661 g/mol. The van der Waals surface area contributed by atoms with Crippen LogP contribution in [0.5, 0.6) is 0 Å². The molecule has 46 heavy (non-hydrogen) atoms. The van der Waals surface area contributed by atoms with Crippen molar-refractivity contribution >= 4 is 0 Å². The van der Waals surface area contributed by atoms with Crippen molar-refractivity contribution in [1.82, 2.24) is 29.4 Å². The van der Waals surface area contributed by atoms with Gasteiger partial charge in [-0.3, -0.25) is 9.80 Å². The van der Waals surface area contributed by atoms with Crippen molar-refractivity contribution in [3.05, 3.63) is 0 Å². The molecule has 7 nitrogen and oxygen atoms in total. The van der Waals surface area contributed by atoms with Crippen molar-refractivity contribution < 1.29 is 9.13 Å². The molecule has 0 aliphatic carbocycles. The van der Waals surface area contributed by atoms with E-state index in [0.29, 0.717) is 37.3 Å². The number of rotatable bonds is 8. The van der Waals surface area contributed by atoms with Gasteiger partial charge >= 0.3 is 0 Å². The number of nitrogens with zero attached hydrogens (tertiary/aromatic N) is 6. The maximum Gasteiger partial charge on any atom is 0.125 e. The molecule has 0 aromatic heterocycles. The van der Waals surface area contributed by atoms with Crippen molar-refractivity contribution in [2.45, 2.75) is 152 Å². The molecule has 4 rings (SSSR count). The molecule has 0 amide bonds. The second-order valence-electron chi connectivity index (χ2n) is 15.7. The first-order valence-corrected chi connectivity index (χ1v) is 18.9. The molecule has 0 radical (unpaired) electrons. The summed E-state index contributed by atoms with van der Waals surface area (Å²) >= 11 is 0. The summed E-state index contributed by atoms with van der Waals surface area (Å²) in [6, 6.07) is 4.16. The van der Waals surface area contributed by atoms with E-state index in [4.69, 9.17) is 4.74 Å². The average Bonchev–Trinajstić information content (AvgIpc) is 2.90. The molecule has 0 atom stereocenters. The van der Waals surface area contributed by atoms with Crippen LogP contribution in [0.25, 0.3) is 0 Å². The van der Waals surface area contributed by atoms with Crippen LogP contribution >= 0.6 is 0 Å². The Morgan fingerprint density at radius 3 is 1.11 bits per heavy atom. The van der Waals surface area contributed by atoms with E-state index in [0.717, 1.165) is 44.3 Å². The van der Waals surface area contributed by atoms with Gasteiger partial charge in [0.25, 0.3) is 0 Å². The van der Waals surface area contributed by atoms with Gasteiger partial charge in [-0.2, -0.15) is 0 Å². The van der Waals surface area contributed by atoms with Crippen molar-refractivity contribution in [3.63, 3.8) is 0 Å². The largest absolute Gasteiger partial charge is 0.379 e. The van der Waals surface area contributed by atoms with Gasteiger partial charge in [0.15, 0.2) is 0 Å². The van der Waals surface area contributed by atoms with E-state index in [9.17, 15) is 4.39 Å². The molecular weight excluding hydrogens is 575 g/mol. The zero-order valence-electron chi connectivity index (χ0n) is 34.3. The highest BCUT2D eigenvalue weighted by molar-refractivity contribution is 4.81. The number of morpholine rings is 1. The Bertz CT molecular complexity index is 614. The SMILES string of the molecule is CC(C)N(C)C.CC(C)N1CC(F)C1.CC(C)N1CCC1.CC(C)N1CCOCC1.CC1CN(C(C)C)C1.CCCN(C)C(C)C. The minimum atomic E-state index is -0.544. The van der Waals surface area contributed by atoms with Gasteiger partial charge in [0.2, 0.25) is 0 Å². The Morgan fingerprint density at radius 1 is 0.609 bits per heavy atom. The molecule has 0 spiro atoms. The van der Waals surface area contributed by atoms with Crippen LogP contribution in [-0.2, 0) is 4.74 Å². The summed E-state index contributed by atoms with van der Waals surface area (Å²) in [4.78, 5) is 14.0. The zero-order chi connectivity index (χ0) is 36.0. The molecule has 0 bridgehead atoms. The van der Waals surface area contributed by atoms with Gasteiger partial charge < -0.3 is 24.3 Å². The lowest BCUT2D eigenvalue weighted by Crippen LogP contribution is -2.51. The highest BCUT2D eigenvalue weighted by Gasteiger charge is 2.27. The van der Waals surface area contributed by atoms with Crippen LogP contribution in [0.1, 0.15) is 110 Å². The van der Waals surface area contributed by atoms with Crippen molar-refractivity contribution in [2.75, 3.05) is 93.3 Å². The van der Waals surface area contributed by atoms with Crippen molar-refractivity contribution in [2.24, 2.45) is 5.92 Å². The lowest BCUT2D eigenvalue weighted by molar-refractivity contribution is 0.0238. The summed E-state index contributed by atoms with van der Waals surface area (Å²) in [6.07, 6.45) is 2.13. The van der Waals surface area contributed by atoms with Gasteiger partial charge in [-0.15, -0.1) is 0 Å². The molecule has 0 N–H and O–H groups in total. The van der Waals surface area contributed by atoms with Gasteiger partial charge in [-0.05, 0) is 143 Å². The molecule has 4 fully saturated rings. The first kappa shape index (κ1) is 47.8. The second-order valence-corrected chi connectivity index (χ2v) is 15.7. The molecule has 280 valence electrons. The summed E-state index contributed by atoms with van der Waals surface area (Å²) in [6.45, 7) is 42.8. The summed E-state index contributed by atoms with van der Waals surface area (Å²) in [7, 11) is 6.31.